The first-order valence-corrected chi connectivity index (χ1v) is 8.48. The molecule has 27 heavy (non-hydrogen) atoms. The lowest BCUT2D eigenvalue weighted by molar-refractivity contribution is 0.102. The van der Waals surface area contributed by atoms with E-state index in [1.165, 1.54) is 12.7 Å². The van der Waals surface area contributed by atoms with Crippen LogP contribution in [0.3, 0.4) is 0 Å². The largest absolute Gasteiger partial charge is 0.497 e. The molecular formula is C20H22N4O3. The molecule has 0 radical (unpaired) electrons. The fourth-order valence-corrected chi connectivity index (χ4v) is 2.89. The zero-order valence-electron chi connectivity index (χ0n) is 16.0. The predicted molar refractivity (Wildman–Crippen MR) is 103 cm³/mol. The molecule has 0 unspecified atom stereocenters. The molecule has 7 heteroatoms. The van der Waals surface area contributed by atoms with Crippen LogP contribution < -0.4 is 14.8 Å². The highest BCUT2D eigenvalue weighted by Gasteiger charge is 2.19. The number of carbonyl (C=O) groups excluding carboxylic acids is 1. The number of benzene rings is 2. The molecule has 1 aromatic heterocycles. The van der Waals surface area contributed by atoms with Gasteiger partial charge in [0.25, 0.3) is 5.91 Å². The fraction of sp³-hybridized carbons (Fsp3) is 0.250. The van der Waals surface area contributed by atoms with Crippen molar-refractivity contribution in [2.45, 2.75) is 20.8 Å². The molecule has 0 bridgehead atoms. The summed E-state index contributed by atoms with van der Waals surface area (Å²) < 4.78 is 12.2. The third kappa shape index (κ3) is 3.62. The molecule has 1 N–H and O–H groups in total. The van der Waals surface area contributed by atoms with Crippen molar-refractivity contribution >= 4 is 11.6 Å². The van der Waals surface area contributed by atoms with Gasteiger partial charge in [-0.25, -0.2) is 4.68 Å². The number of hydrogen-bond acceptors (Lipinski definition) is 5. The van der Waals surface area contributed by atoms with Crippen LogP contribution in [0, 0.1) is 20.8 Å². The molecule has 3 aromatic rings. The van der Waals surface area contributed by atoms with E-state index >= 15 is 0 Å². The van der Waals surface area contributed by atoms with Gasteiger partial charge >= 0.3 is 0 Å². The van der Waals surface area contributed by atoms with Crippen LogP contribution in [0.5, 0.6) is 11.5 Å². The van der Waals surface area contributed by atoms with E-state index in [4.69, 9.17) is 9.47 Å². The van der Waals surface area contributed by atoms with Crippen molar-refractivity contribution in [3.05, 3.63) is 58.9 Å². The van der Waals surface area contributed by atoms with E-state index in [1.54, 1.807) is 30.0 Å². The van der Waals surface area contributed by atoms with Gasteiger partial charge in [0.1, 0.15) is 11.5 Å². The summed E-state index contributed by atoms with van der Waals surface area (Å²) in [5, 5.41) is 11.1. The Hall–Kier alpha value is -3.35. The summed E-state index contributed by atoms with van der Waals surface area (Å²) in [6.07, 6.45) is 0. The molecule has 3 rings (SSSR count). The number of nitrogens with zero attached hydrogens (tertiary/aromatic N) is 3. The second-order valence-electron chi connectivity index (χ2n) is 6.25. The van der Waals surface area contributed by atoms with Gasteiger partial charge < -0.3 is 14.8 Å². The van der Waals surface area contributed by atoms with Crippen LogP contribution >= 0.6 is 0 Å². The SMILES string of the molecule is COc1ccc(NC(=O)c2nnn(-c3ccc(C)cc3C)c2C)c(OC)c1. The third-order valence-electron chi connectivity index (χ3n) is 4.35. The first-order chi connectivity index (χ1) is 12.9. The van der Waals surface area contributed by atoms with E-state index < -0.39 is 0 Å². The maximum Gasteiger partial charge on any atom is 0.278 e. The molecule has 0 atom stereocenters. The normalized spacial score (nSPS) is 10.6. The molecule has 7 nitrogen and oxygen atoms in total. The summed E-state index contributed by atoms with van der Waals surface area (Å²) in [6, 6.07) is 11.2. The average Bonchev–Trinajstić information content (AvgIpc) is 3.03. The van der Waals surface area contributed by atoms with E-state index in [0.29, 0.717) is 22.9 Å². The predicted octanol–water partition coefficient (Wildman–Crippen LogP) is 3.46. The zero-order valence-corrected chi connectivity index (χ0v) is 16.0. The van der Waals surface area contributed by atoms with Crippen LogP contribution in [0.2, 0.25) is 0 Å². The van der Waals surface area contributed by atoms with Gasteiger partial charge in [-0.3, -0.25) is 4.79 Å². The van der Waals surface area contributed by atoms with E-state index in [0.717, 1.165) is 11.3 Å². The Labute approximate surface area is 157 Å². The molecule has 1 amide bonds. The summed E-state index contributed by atoms with van der Waals surface area (Å²) in [7, 11) is 3.11. The van der Waals surface area contributed by atoms with E-state index in [9.17, 15) is 4.79 Å². The number of aryl methyl sites for hydroxylation is 2. The van der Waals surface area contributed by atoms with Crippen LogP contribution in [-0.4, -0.2) is 35.1 Å². The van der Waals surface area contributed by atoms with Gasteiger partial charge in [-0.05, 0) is 44.5 Å². The highest BCUT2D eigenvalue weighted by molar-refractivity contribution is 6.04. The summed E-state index contributed by atoms with van der Waals surface area (Å²) in [6.45, 7) is 5.86. The number of nitrogens with one attached hydrogen (secondary N) is 1. The van der Waals surface area contributed by atoms with Crippen molar-refractivity contribution in [3.8, 4) is 17.2 Å². The molecular weight excluding hydrogens is 344 g/mol. The summed E-state index contributed by atoms with van der Waals surface area (Å²) in [5.41, 5.74) is 4.57. The number of aromatic nitrogens is 3. The quantitative estimate of drug-likeness (QED) is 0.748. The smallest absolute Gasteiger partial charge is 0.278 e. The maximum atomic E-state index is 12.7. The number of hydrogen-bond donors (Lipinski definition) is 1. The van der Waals surface area contributed by atoms with E-state index in [1.807, 2.05) is 32.9 Å². The lowest BCUT2D eigenvalue weighted by Gasteiger charge is -2.11. The third-order valence-corrected chi connectivity index (χ3v) is 4.35. The molecule has 0 fully saturated rings. The first-order valence-electron chi connectivity index (χ1n) is 8.48. The molecule has 140 valence electrons. The van der Waals surface area contributed by atoms with Crippen LogP contribution in [-0.2, 0) is 0 Å². The Kier molecular flexibility index (Phi) is 5.12. The zero-order chi connectivity index (χ0) is 19.6. The number of rotatable bonds is 5. The average molecular weight is 366 g/mol. The van der Waals surface area contributed by atoms with Crippen LogP contribution in [0.4, 0.5) is 5.69 Å². The van der Waals surface area contributed by atoms with Crippen molar-refractivity contribution in [2.75, 3.05) is 19.5 Å². The van der Waals surface area contributed by atoms with Crippen LogP contribution in [0.15, 0.2) is 36.4 Å². The first kappa shape index (κ1) is 18.4. The second kappa shape index (κ2) is 7.49. The van der Waals surface area contributed by atoms with E-state index in [2.05, 4.69) is 21.7 Å². The highest BCUT2D eigenvalue weighted by Crippen LogP contribution is 2.29. The van der Waals surface area contributed by atoms with Crippen molar-refractivity contribution < 1.29 is 14.3 Å². The molecule has 0 aliphatic rings. The highest BCUT2D eigenvalue weighted by atomic mass is 16.5. The lowest BCUT2D eigenvalue weighted by Crippen LogP contribution is -2.15. The molecule has 0 saturated heterocycles. The Bertz CT molecular complexity index is 995. The number of carbonyl (C=O) groups is 1. The van der Waals surface area contributed by atoms with Gasteiger partial charge in [0, 0.05) is 6.07 Å². The summed E-state index contributed by atoms with van der Waals surface area (Å²) >= 11 is 0. The minimum atomic E-state index is -0.355. The van der Waals surface area contributed by atoms with Crippen molar-refractivity contribution in [2.24, 2.45) is 0 Å². The van der Waals surface area contributed by atoms with Gasteiger partial charge in [0.2, 0.25) is 0 Å². The molecule has 1 heterocycles. The van der Waals surface area contributed by atoms with Crippen LogP contribution in [0.25, 0.3) is 5.69 Å². The molecule has 0 aliphatic carbocycles. The standard InChI is InChI=1S/C20H22N4O3/c1-12-6-9-17(13(2)10-12)24-14(3)19(22-23-24)20(25)21-16-8-7-15(26-4)11-18(16)27-5/h6-11H,1-5H3,(H,21,25). The van der Waals surface area contributed by atoms with Gasteiger partial charge in [-0.15, -0.1) is 5.10 Å². The number of methoxy groups -OCH3 is 2. The number of amides is 1. The van der Waals surface area contributed by atoms with Crippen molar-refractivity contribution in [1.29, 1.82) is 0 Å². The van der Waals surface area contributed by atoms with E-state index in [-0.39, 0.29) is 11.6 Å². The van der Waals surface area contributed by atoms with Gasteiger partial charge in [0.15, 0.2) is 5.69 Å². The Balaban J connectivity index is 1.90. The summed E-state index contributed by atoms with van der Waals surface area (Å²) in [4.78, 5) is 12.7. The van der Waals surface area contributed by atoms with Gasteiger partial charge in [-0.2, -0.15) is 0 Å². The van der Waals surface area contributed by atoms with Gasteiger partial charge in [0.05, 0.1) is 31.3 Å². The lowest BCUT2D eigenvalue weighted by atomic mass is 10.1. The van der Waals surface area contributed by atoms with Crippen molar-refractivity contribution in [1.82, 2.24) is 15.0 Å². The van der Waals surface area contributed by atoms with Crippen molar-refractivity contribution in [3.63, 3.8) is 0 Å². The Morgan fingerprint density at radius 2 is 1.81 bits per heavy atom. The minimum absolute atomic E-state index is 0.257. The minimum Gasteiger partial charge on any atom is -0.497 e. The second-order valence-corrected chi connectivity index (χ2v) is 6.25. The Morgan fingerprint density at radius 3 is 2.48 bits per heavy atom. The molecule has 0 saturated carbocycles. The van der Waals surface area contributed by atoms with Gasteiger partial charge in [-0.1, -0.05) is 22.9 Å². The fourth-order valence-electron chi connectivity index (χ4n) is 2.89. The molecule has 2 aromatic carbocycles. The number of ether oxygens (including phenoxy) is 2. The Morgan fingerprint density at radius 1 is 1.04 bits per heavy atom. The molecule has 0 spiro atoms. The maximum absolute atomic E-state index is 12.7. The van der Waals surface area contributed by atoms with Crippen LogP contribution in [0.1, 0.15) is 27.3 Å². The number of anilines is 1. The monoisotopic (exact) mass is 366 g/mol. The summed E-state index contributed by atoms with van der Waals surface area (Å²) in [5.74, 6) is 0.788. The topological polar surface area (TPSA) is 78.3 Å². The molecule has 0 aliphatic heterocycles.